The van der Waals surface area contributed by atoms with Gasteiger partial charge in [-0.25, -0.2) is 0 Å². The van der Waals surface area contributed by atoms with Crippen LogP contribution in [0.3, 0.4) is 0 Å². The molecule has 0 atom stereocenters. The number of amides is 2. The molecule has 9 heteroatoms. The van der Waals surface area contributed by atoms with Gasteiger partial charge in [-0.2, -0.15) is 0 Å². The van der Waals surface area contributed by atoms with E-state index < -0.39 is 0 Å². The molecule has 3 aromatic carbocycles. The molecular formula is C38H52N4O5. The Morgan fingerprint density at radius 1 is 0.894 bits per heavy atom. The van der Waals surface area contributed by atoms with Crippen molar-refractivity contribution in [2.24, 2.45) is 5.73 Å². The highest BCUT2D eigenvalue weighted by Gasteiger charge is 2.35. The third-order valence-electron chi connectivity index (χ3n) is 8.81. The van der Waals surface area contributed by atoms with Crippen LogP contribution in [0.15, 0.2) is 66.7 Å². The standard InChI is InChI=1S/C35H43N3O4.C2H4O.CH5N/c1-4-42-32-23-27(13-15-31(32)39)17-18-35(2,3)38-24-28-11-8-12-29(30(28)25-38)34(41)37-21-19-36(20-22-37)33(40)16-14-26-9-6-5-7-10-26;1-2-3;1-2/h5-13,15,23,39H,4,14,16-22,24-25H2,1-3H3;2H,1H3;2H2,1H3. The van der Waals surface area contributed by atoms with E-state index in [9.17, 15) is 14.7 Å². The fourth-order valence-corrected chi connectivity index (χ4v) is 6.03. The molecule has 0 saturated carbocycles. The van der Waals surface area contributed by atoms with E-state index >= 15 is 0 Å². The van der Waals surface area contributed by atoms with Crippen molar-refractivity contribution >= 4 is 18.1 Å². The van der Waals surface area contributed by atoms with Crippen molar-refractivity contribution in [3.63, 3.8) is 0 Å². The number of hydrogen-bond acceptors (Lipinski definition) is 7. The van der Waals surface area contributed by atoms with Crippen LogP contribution in [0.2, 0.25) is 0 Å². The zero-order chi connectivity index (χ0) is 34.4. The van der Waals surface area contributed by atoms with Crippen LogP contribution >= 0.6 is 0 Å². The van der Waals surface area contributed by atoms with E-state index in [0.29, 0.717) is 45.0 Å². The first kappa shape index (κ1) is 37.2. The summed E-state index contributed by atoms with van der Waals surface area (Å²) in [6, 6.07) is 21.8. The molecule has 3 N–H and O–H groups in total. The van der Waals surface area contributed by atoms with Gasteiger partial charge in [0, 0.05) is 56.8 Å². The molecule has 2 heterocycles. The second-order valence-corrected chi connectivity index (χ2v) is 12.2. The van der Waals surface area contributed by atoms with Crippen molar-refractivity contribution in [2.45, 2.75) is 72.0 Å². The predicted octanol–water partition coefficient (Wildman–Crippen LogP) is 5.22. The number of phenols is 1. The number of carbonyl (C=O) groups is 3. The molecule has 254 valence electrons. The van der Waals surface area contributed by atoms with Crippen molar-refractivity contribution in [3.05, 3.63) is 94.5 Å². The van der Waals surface area contributed by atoms with Crippen molar-refractivity contribution in [1.82, 2.24) is 14.7 Å². The van der Waals surface area contributed by atoms with Gasteiger partial charge in [0.15, 0.2) is 11.5 Å². The molecule has 3 aromatic rings. The molecule has 1 saturated heterocycles. The van der Waals surface area contributed by atoms with Gasteiger partial charge in [0.25, 0.3) is 5.91 Å². The summed E-state index contributed by atoms with van der Waals surface area (Å²) in [5.41, 5.74) is 9.84. The van der Waals surface area contributed by atoms with Gasteiger partial charge in [-0.1, -0.05) is 48.5 Å². The second-order valence-electron chi connectivity index (χ2n) is 12.2. The van der Waals surface area contributed by atoms with E-state index in [-0.39, 0.29) is 23.1 Å². The Labute approximate surface area is 280 Å². The molecule has 2 aliphatic rings. The van der Waals surface area contributed by atoms with E-state index in [1.165, 1.54) is 25.1 Å². The summed E-state index contributed by atoms with van der Waals surface area (Å²) in [4.78, 5) is 41.6. The van der Waals surface area contributed by atoms with E-state index in [2.05, 4.69) is 42.7 Å². The third kappa shape index (κ3) is 10.1. The Hall–Kier alpha value is -4.21. The Bertz CT molecular complexity index is 1450. The highest BCUT2D eigenvalue weighted by Crippen LogP contribution is 2.35. The molecule has 0 radical (unpaired) electrons. The minimum atomic E-state index is -0.0886. The number of aldehydes is 1. The van der Waals surface area contributed by atoms with Gasteiger partial charge in [-0.05, 0) is 94.5 Å². The topological polar surface area (TPSA) is 116 Å². The molecule has 0 bridgehead atoms. The Balaban J connectivity index is 0.00000114. The number of carbonyl (C=O) groups excluding carboxylic acids is 3. The van der Waals surface area contributed by atoms with E-state index in [0.717, 1.165) is 55.3 Å². The van der Waals surface area contributed by atoms with E-state index in [1.54, 1.807) is 6.07 Å². The Morgan fingerprint density at radius 3 is 2.21 bits per heavy atom. The third-order valence-corrected chi connectivity index (χ3v) is 8.81. The van der Waals surface area contributed by atoms with Crippen LogP contribution in [-0.4, -0.2) is 83.3 Å². The number of benzene rings is 3. The smallest absolute Gasteiger partial charge is 0.254 e. The lowest BCUT2D eigenvalue weighted by Crippen LogP contribution is -2.50. The van der Waals surface area contributed by atoms with Gasteiger partial charge in [0.2, 0.25) is 5.91 Å². The largest absolute Gasteiger partial charge is 0.504 e. The van der Waals surface area contributed by atoms with Gasteiger partial charge in [-0.15, -0.1) is 0 Å². The molecule has 0 aromatic heterocycles. The van der Waals surface area contributed by atoms with Crippen LogP contribution in [0.5, 0.6) is 11.5 Å². The maximum absolute atomic E-state index is 13.7. The molecule has 9 nitrogen and oxygen atoms in total. The fourth-order valence-electron chi connectivity index (χ4n) is 6.03. The highest BCUT2D eigenvalue weighted by molar-refractivity contribution is 5.96. The van der Waals surface area contributed by atoms with Crippen molar-refractivity contribution in [3.8, 4) is 11.5 Å². The van der Waals surface area contributed by atoms with E-state index in [1.807, 2.05) is 59.2 Å². The zero-order valence-electron chi connectivity index (χ0n) is 28.7. The molecule has 0 spiro atoms. The number of nitrogens with zero attached hydrogens (tertiary/aromatic N) is 3. The number of fused-ring (bicyclic) bond motifs is 1. The average Bonchev–Trinajstić information content (AvgIpc) is 3.55. The summed E-state index contributed by atoms with van der Waals surface area (Å²) in [7, 11) is 1.50. The number of rotatable bonds is 10. The second kappa shape index (κ2) is 18.2. The molecule has 0 aliphatic carbocycles. The minimum Gasteiger partial charge on any atom is -0.504 e. The van der Waals surface area contributed by atoms with Gasteiger partial charge in [0.1, 0.15) is 6.29 Å². The SMILES string of the molecule is CC=O.CCOc1cc(CCC(C)(C)N2Cc3cccc(C(=O)N4CCN(C(=O)CCc5ccccc5)CC4)c3C2)ccc1O.CN. The number of piperazine rings is 1. The van der Waals surface area contributed by atoms with Crippen molar-refractivity contribution < 1.29 is 24.2 Å². The van der Waals surface area contributed by atoms with Crippen LogP contribution < -0.4 is 10.5 Å². The van der Waals surface area contributed by atoms with Crippen molar-refractivity contribution in [2.75, 3.05) is 39.8 Å². The fraction of sp³-hybridized carbons (Fsp3) is 0.447. The maximum atomic E-state index is 13.7. The van der Waals surface area contributed by atoms with Gasteiger partial charge in [-0.3, -0.25) is 14.5 Å². The summed E-state index contributed by atoms with van der Waals surface area (Å²) in [6.45, 7) is 12.2. The first-order valence-corrected chi connectivity index (χ1v) is 16.6. The van der Waals surface area contributed by atoms with Crippen LogP contribution in [0.1, 0.15) is 73.1 Å². The lowest BCUT2D eigenvalue weighted by atomic mass is 9.93. The number of nitrogens with two attached hydrogens (primary N) is 1. The number of aromatic hydroxyl groups is 1. The van der Waals surface area contributed by atoms with Crippen molar-refractivity contribution in [1.29, 1.82) is 0 Å². The highest BCUT2D eigenvalue weighted by atomic mass is 16.5. The zero-order valence-corrected chi connectivity index (χ0v) is 28.7. The lowest BCUT2D eigenvalue weighted by molar-refractivity contribution is -0.132. The molecular weight excluding hydrogens is 592 g/mol. The first-order valence-electron chi connectivity index (χ1n) is 16.6. The number of aryl methyl sites for hydroxylation is 2. The predicted molar refractivity (Wildman–Crippen MR) is 186 cm³/mol. The first-order chi connectivity index (χ1) is 22.7. The van der Waals surface area contributed by atoms with Gasteiger partial charge < -0.3 is 30.2 Å². The average molecular weight is 645 g/mol. The molecule has 2 amide bonds. The molecule has 0 unspecified atom stereocenters. The molecule has 2 aliphatic heterocycles. The molecule has 47 heavy (non-hydrogen) atoms. The summed E-state index contributed by atoms with van der Waals surface area (Å²) in [6.07, 6.45) is 3.78. The van der Waals surface area contributed by atoms with Gasteiger partial charge in [0.05, 0.1) is 6.61 Å². The van der Waals surface area contributed by atoms with Crippen LogP contribution in [0.4, 0.5) is 0 Å². The summed E-state index contributed by atoms with van der Waals surface area (Å²) in [5, 5.41) is 10.0. The van der Waals surface area contributed by atoms with Crippen LogP contribution in [0.25, 0.3) is 0 Å². The van der Waals surface area contributed by atoms with Gasteiger partial charge >= 0.3 is 0 Å². The van der Waals surface area contributed by atoms with Crippen LogP contribution in [-0.2, 0) is 35.5 Å². The number of phenolic OH excluding ortho intramolecular Hbond substituents is 1. The monoisotopic (exact) mass is 644 g/mol. The normalized spacial score (nSPS) is 14.3. The number of ether oxygens (including phenoxy) is 1. The summed E-state index contributed by atoms with van der Waals surface area (Å²) in [5.74, 6) is 0.923. The summed E-state index contributed by atoms with van der Waals surface area (Å²) >= 11 is 0. The minimum absolute atomic E-state index is 0.0652. The molecule has 5 rings (SSSR count). The van der Waals surface area contributed by atoms with E-state index in [4.69, 9.17) is 9.53 Å². The number of hydrogen-bond donors (Lipinski definition) is 2. The van der Waals surface area contributed by atoms with Crippen LogP contribution in [0, 0.1) is 0 Å². The molecule has 1 fully saturated rings. The Kier molecular flexibility index (Phi) is 14.4. The quantitative estimate of drug-likeness (QED) is 0.291. The maximum Gasteiger partial charge on any atom is 0.254 e. The summed E-state index contributed by atoms with van der Waals surface area (Å²) < 4.78 is 5.57. The Morgan fingerprint density at radius 2 is 1.55 bits per heavy atom. The lowest BCUT2D eigenvalue weighted by Gasteiger charge is -2.36.